The first-order valence-corrected chi connectivity index (χ1v) is 10.5. The number of carbonyl (C=O) groups is 1. The van der Waals surface area contributed by atoms with E-state index in [-0.39, 0.29) is 18.1 Å². The number of carbonyl (C=O) groups excluding carboxylic acids is 1. The number of fused-ring (bicyclic) bond motifs is 1. The zero-order chi connectivity index (χ0) is 21.1. The summed E-state index contributed by atoms with van der Waals surface area (Å²) < 4.78 is 11.2. The summed E-state index contributed by atoms with van der Waals surface area (Å²) in [7, 11) is 0. The molecule has 1 aliphatic carbocycles. The Morgan fingerprint density at radius 2 is 1.90 bits per heavy atom. The number of amides is 1. The first-order valence-electron chi connectivity index (χ1n) is 10.5. The number of furan rings is 1. The Labute approximate surface area is 176 Å². The van der Waals surface area contributed by atoms with Crippen molar-refractivity contribution in [1.29, 1.82) is 0 Å². The maximum Gasteiger partial charge on any atom is 0.251 e. The van der Waals surface area contributed by atoms with E-state index in [1.54, 1.807) is 26.3 Å². The number of ether oxygens (including phenoxy) is 1. The van der Waals surface area contributed by atoms with Crippen molar-refractivity contribution < 1.29 is 19.1 Å². The van der Waals surface area contributed by atoms with Crippen LogP contribution in [0.2, 0.25) is 0 Å². The minimum absolute atomic E-state index is 0.0584. The number of nitrogens with one attached hydrogen (secondary N) is 1. The topological polar surface area (TPSA) is 84.6 Å². The maximum absolute atomic E-state index is 12.7. The minimum atomic E-state index is -0.810. The van der Waals surface area contributed by atoms with Crippen molar-refractivity contribution in [3.8, 4) is 11.3 Å². The Hall–Kier alpha value is -2.70. The van der Waals surface area contributed by atoms with Crippen molar-refractivity contribution in [2.45, 2.75) is 57.3 Å². The molecule has 1 fully saturated rings. The molecule has 2 N–H and O–H groups in total. The first-order chi connectivity index (χ1) is 14.4. The van der Waals surface area contributed by atoms with E-state index in [9.17, 15) is 9.90 Å². The van der Waals surface area contributed by atoms with Crippen LogP contribution < -0.4 is 5.32 Å². The predicted molar refractivity (Wildman–Crippen MR) is 115 cm³/mol. The molecule has 30 heavy (non-hydrogen) atoms. The number of nitrogens with zero attached hydrogens (tertiary/aromatic N) is 1. The molecule has 0 unspecified atom stereocenters. The molecule has 1 aromatic carbocycles. The van der Waals surface area contributed by atoms with Gasteiger partial charge >= 0.3 is 0 Å². The van der Waals surface area contributed by atoms with Crippen molar-refractivity contribution >= 4 is 16.9 Å². The van der Waals surface area contributed by atoms with E-state index in [0.29, 0.717) is 12.2 Å². The van der Waals surface area contributed by atoms with Crippen LogP contribution in [0.5, 0.6) is 0 Å². The van der Waals surface area contributed by atoms with Crippen LogP contribution in [-0.4, -0.2) is 40.4 Å². The number of aromatic nitrogens is 1. The van der Waals surface area contributed by atoms with E-state index in [1.807, 2.05) is 36.4 Å². The largest absolute Gasteiger partial charge is 0.464 e. The summed E-state index contributed by atoms with van der Waals surface area (Å²) in [6, 6.07) is 11.4. The summed E-state index contributed by atoms with van der Waals surface area (Å²) in [4.78, 5) is 17.1. The van der Waals surface area contributed by atoms with Crippen LogP contribution in [0.15, 0.2) is 53.3 Å². The Bertz CT molecular complexity index is 996. The van der Waals surface area contributed by atoms with Gasteiger partial charge in [0.15, 0.2) is 0 Å². The molecular formula is C24H28N2O4. The summed E-state index contributed by atoms with van der Waals surface area (Å²) in [5, 5.41) is 13.9. The molecule has 6 nitrogen and oxygen atoms in total. The van der Waals surface area contributed by atoms with Crippen molar-refractivity contribution in [2.75, 3.05) is 6.61 Å². The molecule has 1 amide bonds. The van der Waals surface area contributed by atoms with Crippen LogP contribution in [-0.2, 0) is 4.74 Å². The monoisotopic (exact) mass is 408 g/mol. The zero-order valence-corrected chi connectivity index (χ0v) is 17.4. The standard InChI is InChI=1S/C24H28N2O4/c1-24(2,28)15-30-19-9-7-18(8-10-19)26-23(27)17-5-3-16(4-6-17)22-20-12-14-29-21(20)11-13-25-22/h3-6,11-14,18-19,28H,7-10,15H2,1-2H3,(H,26,27)/t18-,19-. The normalized spacial score (nSPS) is 19.7. The van der Waals surface area contributed by atoms with E-state index in [0.717, 1.165) is 47.9 Å². The summed E-state index contributed by atoms with van der Waals surface area (Å²) in [5.74, 6) is -0.0584. The van der Waals surface area contributed by atoms with Gasteiger partial charge in [-0.15, -0.1) is 0 Å². The molecule has 2 heterocycles. The quantitative estimate of drug-likeness (QED) is 0.634. The van der Waals surface area contributed by atoms with Gasteiger partial charge in [0.25, 0.3) is 5.91 Å². The van der Waals surface area contributed by atoms with Crippen LogP contribution in [0.4, 0.5) is 0 Å². The molecule has 1 aliphatic rings. The maximum atomic E-state index is 12.7. The fourth-order valence-corrected chi connectivity index (χ4v) is 3.87. The van der Waals surface area contributed by atoms with Gasteiger partial charge in [-0.3, -0.25) is 9.78 Å². The van der Waals surface area contributed by atoms with Crippen molar-refractivity contribution in [3.05, 3.63) is 54.4 Å². The lowest BCUT2D eigenvalue weighted by Gasteiger charge is -2.30. The summed E-state index contributed by atoms with van der Waals surface area (Å²) in [6.45, 7) is 3.83. The van der Waals surface area contributed by atoms with E-state index < -0.39 is 5.60 Å². The second kappa shape index (κ2) is 8.58. The third-order valence-corrected chi connectivity index (χ3v) is 5.48. The van der Waals surface area contributed by atoms with Crippen LogP contribution in [0.3, 0.4) is 0 Å². The number of pyridine rings is 1. The molecule has 2 aromatic heterocycles. The molecule has 3 aromatic rings. The number of hydrogen-bond donors (Lipinski definition) is 2. The number of hydrogen-bond acceptors (Lipinski definition) is 5. The average molecular weight is 408 g/mol. The van der Waals surface area contributed by atoms with Gasteiger partial charge in [-0.05, 0) is 63.8 Å². The lowest BCUT2D eigenvalue weighted by atomic mass is 9.92. The van der Waals surface area contributed by atoms with Gasteiger partial charge in [-0.25, -0.2) is 0 Å². The van der Waals surface area contributed by atoms with E-state index >= 15 is 0 Å². The van der Waals surface area contributed by atoms with Crippen LogP contribution in [0.1, 0.15) is 49.9 Å². The first kappa shape index (κ1) is 20.6. The van der Waals surface area contributed by atoms with Crippen LogP contribution in [0.25, 0.3) is 22.2 Å². The number of aliphatic hydroxyl groups is 1. The van der Waals surface area contributed by atoms with E-state index in [4.69, 9.17) is 9.15 Å². The van der Waals surface area contributed by atoms with Crippen molar-refractivity contribution in [1.82, 2.24) is 10.3 Å². The fourth-order valence-electron chi connectivity index (χ4n) is 3.87. The fraction of sp³-hybridized carbons (Fsp3) is 0.417. The molecule has 0 bridgehead atoms. The van der Waals surface area contributed by atoms with E-state index in [2.05, 4.69) is 10.3 Å². The highest BCUT2D eigenvalue weighted by molar-refractivity contribution is 5.96. The minimum Gasteiger partial charge on any atom is -0.464 e. The molecule has 0 spiro atoms. The SMILES string of the molecule is CC(C)(O)CO[C@H]1CC[C@H](NC(=O)c2ccc(-c3nccc4occc34)cc2)CC1. The zero-order valence-electron chi connectivity index (χ0n) is 17.4. The molecule has 158 valence electrons. The summed E-state index contributed by atoms with van der Waals surface area (Å²) in [6.07, 6.45) is 7.08. The highest BCUT2D eigenvalue weighted by Crippen LogP contribution is 2.27. The average Bonchev–Trinajstić information content (AvgIpc) is 3.22. The highest BCUT2D eigenvalue weighted by Gasteiger charge is 2.25. The molecule has 4 rings (SSSR count). The molecule has 0 atom stereocenters. The smallest absolute Gasteiger partial charge is 0.251 e. The Morgan fingerprint density at radius 3 is 2.60 bits per heavy atom. The van der Waals surface area contributed by atoms with Gasteiger partial charge in [0.2, 0.25) is 0 Å². The lowest BCUT2D eigenvalue weighted by molar-refractivity contribution is -0.0640. The van der Waals surface area contributed by atoms with Crippen molar-refractivity contribution in [3.63, 3.8) is 0 Å². The lowest BCUT2D eigenvalue weighted by Crippen LogP contribution is -2.40. The van der Waals surface area contributed by atoms with Gasteiger partial charge < -0.3 is 19.6 Å². The Kier molecular flexibility index (Phi) is 5.88. The number of benzene rings is 1. The van der Waals surface area contributed by atoms with Gasteiger partial charge in [0.05, 0.1) is 30.3 Å². The molecule has 0 saturated heterocycles. The second-order valence-electron chi connectivity index (χ2n) is 8.64. The van der Waals surface area contributed by atoms with Gasteiger partial charge in [0.1, 0.15) is 5.58 Å². The summed E-state index contributed by atoms with van der Waals surface area (Å²) >= 11 is 0. The Balaban J connectivity index is 1.33. The molecule has 0 aliphatic heterocycles. The van der Waals surface area contributed by atoms with Crippen LogP contribution >= 0.6 is 0 Å². The van der Waals surface area contributed by atoms with Gasteiger partial charge in [0, 0.05) is 28.8 Å². The highest BCUT2D eigenvalue weighted by atomic mass is 16.5. The van der Waals surface area contributed by atoms with Gasteiger partial charge in [-0.2, -0.15) is 0 Å². The third-order valence-electron chi connectivity index (χ3n) is 5.48. The molecule has 0 radical (unpaired) electrons. The molecule has 1 saturated carbocycles. The predicted octanol–water partition coefficient (Wildman–Crippen LogP) is 4.32. The number of rotatable bonds is 6. The second-order valence-corrected chi connectivity index (χ2v) is 8.64. The van der Waals surface area contributed by atoms with Gasteiger partial charge in [-0.1, -0.05) is 12.1 Å². The van der Waals surface area contributed by atoms with Crippen LogP contribution in [0, 0.1) is 0 Å². The third kappa shape index (κ3) is 4.89. The Morgan fingerprint density at radius 1 is 1.17 bits per heavy atom. The van der Waals surface area contributed by atoms with E-state index in [1.165, 1.54) is 0 Å². The van der Waals surface area contributed by atoms with Crippen molar-refractivity contribution in [2.24, 2.45) is 0 Å². The summed E-state index contributed by atoms with van der Waals surface area (Å²) in [5.41, 5.74) is 2.42. The molecule has 6 heteroatoms. The molecular weight excluding hydrogens is 380 g/mol.